The minimum atomic E-state index is 0.697. The molecule has 1 aromatic heterocycles. The van der Waals surface area contributed by atoms with E-state index in [4.69, 9.17) is 0 Å². The van der Waals surface area contributed by atoms with Crippen molar-refractivity contribution in [2.24, 2.45) is 0 Å². The van der Waals surface area contributed by atoms with E-state index in [9.17, 15) is 4.79 Å². The summed E-state index contributed by atoms with van der Waals surface area (Å²) in [7, 11) is 0. The maximum atomic E-state index is 10.5. The van der Waals surface area contributed by atoms with E-state index < -0.39 is 0 Å². The Morgan fingerprint density at radius 1 is 1.54 bits per heavy atom. The zero-order chi connectivity index (χ0) is 9.26. The van der Waals surface area contributed by atoms with Gasteiger partial charge in [0.15, 0.2) is 0 Å². The monoisotopic (exact) mass is 174 g/mol. The molecule has 0 aliphatic carbocycles. The van der Waals surface area contributed by atoms with E-state index in [1.54, 1.807) is 12.4 Å². The van der Waals surface area contributed by atoms with Crippen LogP contribution in [0.3, 0.4) is 0 Å². The lowest BCUT2D eigenvalue weighted by Gasteiger charge is -1.98. The molecule has 0 amide bonds. The first-order valence-corrected chi connectivity index (χ1v) is 4.25. The Morgan fingerprint density at radius 2 is 2.38 bits per heavy atom. The number of benzene rings is 1. The van der Waals surface area contributed by atoms with Crippen molar-refractivity contribution in [1.82, 2.24) is 9.55 Å². The van der Waals surface area contributed by atoms with E-state index in [2.05, 4.69) is 11.9 Å². The van der Waals surface area contributed by atoms with Gasteiger partial charge in [0.2, 0.25) is 0 Å². The SMILES string of the molecule is CCn1cnc2ccc(C=O)cc21. The van der Waals surface area contributed by atoms with Gasteiger partial charge in [-0.3, -0.25) is 4.79 Å². The number of imidazole rings is 1. The summed E-state index contributed by atoms with van der Waals surface area (Å²) in [6, 6.07) is 5.51. The lowest BCUT2D eigenvalue weighted by Crippen LogP contribution is -1.91. The Balaban J connectivity index is 2.71. The number of aryl methyl sites for hydroxylation is 1. The molecule has 66 valence electrons. The van der Waals surface area contributed by atoms with Crippen molar-refractivity contribution in [1.29, 1.82) is 0 Å². The van der Waals surface area contributed by atoms with Gasteiger partial charge in [-0.25, -0.2) is 4.98 Å². The molecule has 3 heteroatoms. The second-order valence-corrected chi connectivity index (χ2v) is 2.90. The average molecular weight is 174 g/mol. The largest absolute Gasteiger partial charge is 0.331 e. The standard InChI is InChI=1S/C10H10N2O/c1-2-12-7-11-9-4-3-8(6-13)5-10(9)12/h3-7H,2H2,1H3. The number of hydrogen-bond donors (Lipinski definition) is 0. The number of hydrogen-bond acceptors (Lipinski definition) is 2. The summed E-state index contributed by atoms with van der Waals surface area (Å²) in [5, 5.41) is 0. The summed E-state index contributed by atoms with van der Waals surface area (Å²) in [6.07, 6.45) is 2.64. The van der Waals surface area contributed by atoms with E-state index in [1.165, 1.54) is 0 Å². The molecule has 1 aromatic carbocycles. The van der Waals surface area contributed by atoms with Crippen LogP contribution in [0.4, 0.5) is 0 Å². The topological polar surface area (TPSA) is 34.9 Å². The minimum absolute atomic E-state index is 0.697. The number of carbonyl (C=O) groups is 1. The van der Waals surface area contributed by atoms with Crippen molar-refractivity contribution in [2.75, 3.05) is 0 Å². The van der Waals surface area contributed by atoms with Crippen LogP contribution in [0.5, 0.6) is 0 Å². The van der Waals surface area contributed by atoms with E-state index in [-0.39, 0.29) is 0 Å². The quantitative estimate of drug-likeness (QED) is 0.651. The summed E-state index contributed by atoms with van der Waals surface area (Å²) in [4.78, 5) is 14.8. The van der Waals surface area contributed by atoms with Crippen LogP contribution in [0, 0.1) is 0 Å². The zero-order valence-corrected chi connectivity index (χ0v) is 7.40. The predicted molar refractivity (Wildman–Crippen MR) is 50.8 cm³/mol. The fourth-order valence-corrected chi connectivity index (χ4v) is 1.40. The van der Waals surface area contributed by atoms with Gasteiger partial charge in [0.05, 0.1) is 17.4 Å². The number of rotatable bonds is 2. The van der Waals surface area contributed by atoms with Crippen molar-refractivity contribution in [3.63, 3.8) is 0 Å². The molecular weight excluding hydrogens is 164 g/mol. The van der Waals surface area contributed by atoms with Crippen LogP contribution in [0.15, 0.2) is 24.5 Å². The van der Waals surface area contributed by atoms with Crippen LogP contribution in [0.25, 0.3) is 11.0 Å². The van der Waals surface area contributed by atoms with Crippen LogP contribution in [0.2, 0.25) is 0 Å². The molecule has 0 radical (unpaired) electrons. The Morgan fingerprint density at radius 3 is 3.08 bits per heavy atom. The molecule has 0 saturated heterocycles. The summed E-state index contributed by atoms with van der Waals surface area (Å²) < 4.78 is 2.02. The molecule has 0 fully saturated rings. The van der Waals surface area contributed by atoms with Gasteiger partial charge in [-0.05, 0) is 25.1 Å². The number of aldehydes is 1. The zero-order valence-electron chi connectivity index (χ0n) is 7.40. The normalized spacial score (nSPS) is 10.5. The summed E-state index contributed by atoms with van der Waals surface area (Å²) in [5.41, 5.74) is 2.65. The highest BCUT2D eigenvalue weighted by atomic mass is 16.1. The highest BCUT2D eigenvalue weighted by molar-refractivity contribution is 5.84. The van der Waals surface area contributed by atoms with E-state index in [1.807, 2.05) is 16.7 Å². The van der Waals surface area contributed by atoms with E-state index in [0.29, 0.717) is 5.56 Å². The van der Waals surface area contributed by atoms with E-state index in [0.717, 1.165) is 23.9 Å². The molecule has 0 aliphatic rings. The number of carbonyl (C=O) groups excluding carboxylic acids is 1. The maximum absolute atomic E-state index is 10.5. The highest BCUT2D eigenvalue weighted by Crippen LogP contribution is 2.13. The Kier molecular flexibility index (Phi) is 1.85. The van der Waals surface area contributed by atoms with Gasteiger partial charge in [0.1, 0.15) is 6.29 Å². The van der Waals surface area contributed by atoms with Crippen LogP contribution >= 0.6 is 0 Å². The van der Waals surface area contributed by atoms with Crippen molar-refractivity contribution in [2.45, 2.75) is 13.5 Å². The molecule has 3 nitrogen and oxygen atoms in total. The summed E-state index contributed by atoms with van der Waals surface area (Å²) >= 11 is 0. The Bertz CT molecular complexity index is 445. The lowest BCUT2D eigenvalue weighted by molar-refractivity contribution is 0.112. The molecule has 0 bridgehead atoms. The first kappa shape index (κ1) is 7.98. The molecule has 0 spiro atoms. The second-order valence-electron chi connectivity index (χ2n) is 2.90. The molecule has 0 aliphatic heterocycles. The van der Waals surface area contributed by atoms with Crippen molar-refractivity contribution in [3.05, 3.63) is 30.1 Å². The van der Waals surface area contributed by atoms with Crippen LogP contribution in [-0.4, -0.2) is 15.8 Å². The van der Waals surface area contributed by atoms with Gasteiger partial charge < -0.3 is 4.57 Å². The van der Waals surface area contributed by atoms with Gasteiger partial charge in [-0.15, -0.1) is 0 Å². The predicted octanol–water partition coefficient (Wildman–Crippen LogP) is 1.87. The molecule has 2 rings (SSSR count). The molecular formula is C10H10N2O. The van der Waals surface area contributed by atoms with Crippen molar-refractivity contribution in [3.8, 4) is 0 Å². The molecule has 0 atom stereocenters. The van der Waals surface area contributed by atoms with Crippen LogP contribution in [-0.2, 0) is 6.54 Å². The summed E-state index contributed by atoms with van der Waals surface area (Å²) in [6.45, 7) is 2.92. The molecule has 2 aromatic rings. The molecule has 0 unspecified atom stereocenters. The average Bonchev–Trinajstić information content (AvgIpc) is 2.59. The minimum Gasteiger partial charge on any atom is -0.331 e. The third-order valence-electron chi connectivity index (χ3n) is 2.12. The first-order valence-electron chi connectivity index (χ1n) is 4.25. The van der Waals surface area contributed by atoms with Gasteiger partial charge in [-0.1, -0.05) is 0 Å². The van der Waals surface area contributed by atoms with Gasteiger partial charge in [-0.2, -0.15) is 0 Å². The molecule has 13 heavy (non-hydrogen) atoms. The number of aromatic nitrogens is 2. The number of nitrogens with zero attached hydrogens (tertiary/aromatic N) is 2. The lowest BCUT2D eigenvalue weighted by atomic mass is 10.2. The van der Waals surface area contributed by atoms with Crippen molar-refractivity contribution < 1.29 is 4.79 Å². The maximum Gasteiger partial charge on any atom is 0.150 e. The smallest absolute Gasteiger partial charge is 0.150 e. The second kappa shape index (κ2) is 3.01. The number of fused-ring (bicyclic) bond motifs is 1. The molecule has 0 saturated carbocycles. The van der Waals surface area contributed by atoms with Crippen LogP contribution in [0.1, 0.15) is 17.3 Å². The van der Waals surface area contributed by atoms with Gasteiger partial charge >= 0.3 is 0 Å². The third-order valence-corrected chi connectivity index (χ3v) is 2.12. The van der Waals surface area contributed by atoms with Gasteiger partial charge in [0, 0.05) is 12.1 Å². The third kappa shape index (κ3) is 1.22. The Labute approximate surface area is 76.0 Å². The van der Waals surface area contributed by atoms with E-state index >= 15 is 0 Å². The molecule has 0 N–H and O–H groups in total. The first-order chi connectivity index (χ1) is 6.35. The summed E-state index contributed by atoms with van der Waals surface area (Å²) in [5.74, 6) is 0. The van der Waals surface area contributed by atoms with Crippen LogP contribution < -0.4 is 0 Å². The molecule has 1 heterocycles. The fraction of sp³-hybridized carbons (Fsp3) is 0.200. The van der Waals surface area contributed by atoms with Crippen molar-refractivity contribution >= 4 is 17.3 Å². The Hall–Kier alpha value is -1.64. The fourth-order valence-electron chi connectivity index (χ4n) is 1.40. The highest BCUT2D eigenvalue weighted by Gasteiger charge is 2.01. The van der Waals surface area contributed by atoms with Gasteiger partial charge in [0.25, 0.3) is 0 Å².